The monoisotopic (exact) mass is 369 g/mol. The third kappa shape index (κ3) is 2.71. The Morgan fingerprint density at radius 1 is 1.43 bits per heavy atom. The van der Waals surface area contributed by atoms with Crippen molar-refractivity contribution in [2.75, 3.05) is 5.32 Å². The molecule has 1 aromatic carbocycles. The maximum Gasteiger partial charge on any atom is 0.255 e. The third-order valence-corrected chi connectivity index (χ3v) is 3.92. The second-order valence-corrected chi connectivity index (χ2v) is 5.71. The van der Waals surface area contributed by atoms with E-state index in [0.717, 1.165) is 10.0 Å². The summed E-state index contributed by atoms with van der Waals surface area (Å²) in [4.78, 5) is 8.12. The minimum atomic E-state index is -0.279. The van der Waals surface area contributed by atoms with Crippen LogP contribution >= 0.6 is 27.5 Å². The summed E-state index contributed by atoms with van der Waals surface area (Å²) >= 11 is 9.40. The molecule has 108 valence electrons. The first-order valence-corrected chi connectivity index (χ1v) is 7.27. The molecule has 2 heterocycles. The fourth-order valence-electron chi connectivity index (χ4n) is 1.96. The van der Waals surface area contributed by atoms with Crippen LogP contribution in [0.5, 0.6) is 0 Å². The van der Waals surface area contributed by atoms with Crippen molar-refractivity contribution in [3.05, 3.63) is 51.1 Å². The van der Waals surface area contributed by atoms with E-state index in [4.69, 9.17) is 11.6 Å². The molecule has 0 saturated heterocycles. The van der Waals surface area contributed by atoms with Gasteiger partial charge in [0, 0.05) is 22.1 Å². The molecule has 2 aromatic heterocycles. The summed E-state index contributed by atoms with van der Waals surface area (Å²) in [5, 5.41) is 7.57. The minimum Gasteiger partial charge on any atom is -0.365 e. The first-order chi connectivity index (χ1) is 10.1. The highest BCUT2D eigenvalue weighted by molar-refractivity contribution is 9.10. The molecular weight excluding hydrogens is 361 g/mol. The number of nitrogens with one attached hydrogen (secondary N) is 1. The zero-order chi connectivity index (χ0) is 15.0. The lowest BCUT2D eigenvalue weighted by molar-refractivity contribution is 0.612. The van der Waals surface area contributed by atoms with E-state index >= 15 is 0 Å². The number of anilines is 1. The third-order valence-electron chi connectivity index (χ3n) is 3.06. The van der Waals surface area contributed by atoms with Gasteiger partial charge in [0.2, 0.25) is 0 Å². The number of halogens is 3. The molecule has 0 saturated carbocycles. The van der Waals surface area contributed by atoms with E-state index in [1.807, 2.05) is 6.92 Å². The molecule has 3 rings (SSSR count). The van der Waals surface area contributed by atoms with Crippen LogP contribution < -0.4 is 5.32 Å². The van der Waals surface area contributed by atoms with E-state index in [0.29, 0.717) is 28.9 Å². The van der Waals surface area contributed by atoms with Crippen molar-refractivity contribution in [3.63, 3.8) is 0 Å². The van der Waals surface area contributed by atoms with Gasteiger partial charge in [-0.1, -0.05) is 27.5 Å². The lowest BCUT2D eigenvalue weighted by atomic mass is 10.2. The fraction of sp³-hybridized carbons (Fsp3) is 0.154. The molecule has 0 unspecified atom stereocenters. The van der Waals surface area contributed by atoms with Gasteiger partial charge in [-0.2, -0.15) is 19.6 Å². The van der Waals surface area contributed by atoms with Gasteiger partial charge < -0.3 is 5.32 Å². The van der Waals surface area contributed by atoms with Crippen LogP contribution in [-0.2, 0) is 6.54 Å². The van der Waals surface area contributed by atoms with E-state index in [-0.39, 0.29) is 5.82 Å². The summed E-state index contributed by atoms with van der Waals surface area (Å²) in [6.07, 6.45) is 1.39. The van der Waals surface area contributed by atoms with Gasteiger partial charge in [-0.05, 0) is 25.1 Å². The molecule has 0 fully saturated rings. The van der Waals surface area contributed by atoms with Crippen LogP contribution in [0.15, 0.2) is 29.0 Å². The number of hydrogen-bond donors (Lipinski definition) is 1. The van der Waals surface area contributed by atoms with Crippen molar-refractivity contribution >= 4 is 39.1 Å². The van der Waals surface area contributed by atoms with Gasteiger partial charge in [0.1, 0.15) is 23.1 Å². The topological polar surface area (TPSA) is 55.1 Å². The number of aromatic nitrogens is 4. The lowest BCUT2D eigenvalue weighted by Crippen LogP contribution is -2.09. The Hall–Kier alpha value is -1.73. The largest absolute Gasteiger partial charge is 0.365 e. The van der Waals surface area contributed by atoms with Gasteiger partial charge in [-0.15, -0.1) is 0 Å². The maximum absolute atomic E-state index is 13.8. The van der Waals surface area contributed by atoms with E-state index < -0.39 is 0 Å². The predicted octanol–water partition coefficient (Wildman–Crippen LogP) is 3.60. The molecule has 3 aromatic rings. The highest BCUT2D eigenvalue weighted by Gasteiger charge is 2.12. The Balaban J connectivity index is 1.96. The number of rotatable bonds is 3. The van der Waals surface area contributed by atoms with Gasteiger partial charge in [0.25, 0.3) is 5.78 Å². The number of benzene rings is 1. The van der Waals surface area contributed by atoms with Crippen molar-refractivity contribution in [3.8, 4) is 0 Å². The van der Waals surface area contributed by atoms with E-state index in [9.17, 15) is 4.39 Å². The van der Waals surface area contributed by atoms with Crippen LogP contribution in [0.25, 0.3) is 5.78 Å². The van der Waals surface area contributed by atoms with Crippen LogP contribution in [-0.4, -0.2) is 19.6 Å². The Morgan fingerprint density at radius 3 is 3.05 bits per heavy atom. The predicted molar refractivity (Wildman–Crippen MR) is 82.0 cm³/mol. The first kappa shape index (κ1) is 14.2. The highest BCUT2D eigenvalue weighted by atomic mass is 79.9. The molecule has 8 heteroatoms. The Morgan fingerprint density at radius 2 is 2.24 bits per heavy atom. The fourth-order valence-corrected chi connectivity index (χ4v) is 2.54. The average Bonchev–Trinajstić information content (AvgIpc) is 2.90. The van der Waals surface area contributed by atoms with E-state index in [2.05, 4.69) is 36.3 Å². The molecule has 0 aliphatic carbocycles. The summed E-state index contributed by atoms with van der Waals surface area (Å²) in [7, 11) is 0. The second kappa shape index (κ2) is 5.57. The summed E-state index contributed by atoms with van der Waals surface area (Å²) < 4.78 is 16.1. The normalized spacial score (nSPS) is 11.0. The Kier molecular flexibility index (Phi) is 3.77. The number of nitrogens with zero attached hydrogens (tertiary/aromatic N) is 4. The van der Waals surface area contributed by atoms with Gasteiger partial charge >= 0.3 is 0 Å². The summed E-state index contributed by atoms with van der Waals surface area (Å²) in [5.74, 6) is 0.753. The van der Waals surface area contributed by atoms with Crippen LogP contribution in [0.1, 0.15) is 11.1 Å². The molecule has 5 nitrogen and oxygen atoms in total. The van der Waals surface area contributed by atoms with Crippen molar-refractivity contribution < 1.29 is 4.39 Å². The van der Waals surface area contributed by atoms with Gasteiger partial charge in [0.05, 0.1) is 0 Å². The van der Waals surface area contributed by atoms with E-state index in [1.54, 1.807) is 12.1 Å². The standard InChI is InChI=1S/C13H10BrClFN5/c1-7-11(15)20-13-18-6-19-21(13)12(7)17-5-8-4-9(14)2-3-10(8)16/h2-4,6,17H,5H2,1H3. The van der Waals surface area contributed by atoms with Crippen LogP contribution in [0.2, 0.25) is 5.15 Å². The number of fused-ring (bicyclic) bond motifs is 1. The van der Waals surface area contributed by atoms with Crippen LogP contribution in [0, 0.1) is 12.7 Å². The summed E-state index contributed by atoms with van der Waals surface area (Å²) in [5.41, 5.74) is 1.26. The Bertz CT molecular complexity index is 820. The maximum atomic E-state index is 13.8. The van der Waals surface area contributed by atoms with Crippen molar-refractivity contribution in [2.45, 2.75) is 13.5 Å². The molecule has 0 amide bonds. The molecule has 0 aliphatic rings. The second-order valence-electron chi connectivity index (χ2n) is 4.44. The SMILES string of the molecule is Cc1c(Cl)nc2ncnn2c1NCc1cc(Br)ccc1F. The number of hydrogen-bond acceptors (Lipinski definition) is 4. The van der Waals surface area contributed by atoms with Gasteiger partial charge in [-0.3, -0.25) is 0 Å². The zero-order valence-corrected chi connectivity index (χ0v) is 13.3. The summed E-state index contributed by atoms with van der Waals surface area (Å²) in [6, 6.07) is 4.79. The highest BCUT2D eigenvalue weighted by Crippen LogP contribution is 2.23. The minimum absolute atomic E-state index is 0.279. The lowest BCUT2D eigenvalue weighted by Gasteiger charge is -2.12. The van der Waals surface area contributed by atoms with Gasteiger partial charge in [0.15, 0.2) is 0 Å². The zero-order valence-electron chi connectivity index (χ0n) is 10.9. The smallest absolute Gasteiger partial charge is 0.255 e. The molecule has 0 radical (unpaired) electrons. The molecule has 1 N–H and O–H groups in total. The van der Waals surface area contributed by atoms with Crippen molar-refractivity contribution in [1.82, 2.24) is 19.6 Å². The molecule has 21 heavy (non-hydrogen) atoms. The quantitative estimate of drug-likeness (QED) is 0.716. The van der Waals surface area contributed by atoms with Gasteiger partial charge in [-0.25, -0.2) is 4.39 Å². The molecule has 0 aliphatic heterocycles. The summed E-state index contributed by atoms with van der Waals surface area (Å²) in [6.45, 7) is 2.11. The molecule has 0 atom stereocenters. The Labute approximate surface area is 133 Å². The molecule has 0 spiro atoms. The van der Waals surface area contributed by atoms with E-state index in [1.165, 1.54) is 16.9 Å². The average molecular weight is 371 g/mol. The molecular formula is C13H10BrClFN5. The van der Waals surface area contributed by atoms with Crippen LogP contribution in [0.4, 0.5) is 10.2 Å². The van der Waals surface area contributed by atoms with Crippen molar-refractivity contribution in [2.24, 2.45) is 0 Å². The first-order valence-electron chi connectivity index (χ1n) is 6.10. The van der Waals surface area contributed by atoms with Crippen molar-refractivity contribution in [1.29, 1.82) is 0 Å². The molecule has 0 bridgehead atoms. The van der Waals surface area contributed by atoms with Crippen LogP contribution in [0.3, 0.4) is 0 Å².